The van der Waals surface area contributed by atoms with Gasteiger partial charge in [-0.3, -0.25) is 0 Å². The van der Waals surface area contributed by atoms with Crippen LogP contribution < -0.4 is 0 Å². The Bertz CT molecular complexity index is 113. The van der Waals surface area contributed by atoms with Gasteiger partial charge in [-0.1, -0.05) is 66.7 Å². The van der Waals surface area contributed by atoms with Gasteiger partial charge in [0.05, 0.1) is 0 Å². The number of hydrogen-bond acceptors (Lipinski definition) is 0. The van der Waals surface area contributed by atoms with E-state index in [1.165, 1.54) is 38.5 Å². The van der Waals surface area contributed by atoms with Crippen LogP contribution in [0.4, 0.5) is 0 Å². The molecule has 0 saturated carbocycles. The molecule has 0 aromatic carbocycles. The molecule has 0 rings (SSSR count). The van der Waals surface area contributed by atoms with Gasteiger partial charge in [0.25, 0.3) is 0 Å². The minimum Gasteiger partial charge on any atom is -0.0654 e. The van der Waals surface area contributed by atoms with E-state index in [0.29, 0.717) is 5.41 Å². The first-order valence-electron chi connectivity index (χ1n) is 6.08. The second kappa shape index (κ2) is 6.45. The monoisotopic (exact) mass is 184 g/mol. The largest absolute Gasteiger partial charge is 0.0654 e. The quantitative estimate of drug-likeness (QED) is 0.487. The summed E-state index contributed by atoms with van der Waals surface area (Å²) in [6.07, 6.45) is 8.30. The first-order chi connectivity index (χ1) is 6.08. The molecule has 0 heterocycles. The van der Waals surface area contributed by atoms with Crippen LogP contribution in [0.3, 0.4) is 0 Å². The van der Waals surface area contributed by atoms with Gasteiger partial charge in [0.1, 0.15) is 0 Å². The van der Waals surface area contributed by atoms with Gasteiger partial charge in [0, 0.05) is 0 Å². The molecule has 0 spiro atoms. The summed E-state index contributed by atoms with van der Waals surface area (Å²) < 4.78 is 0. The topological polar surface area (TPSA) is 0 Å². The second-order valence-corrected chi connectivity index (χ2v) is 4.94. The van der Waals surface area contributed by atoms with Crippen LogP contribution in [0, 0.1) is 11.3 Å². The van der Waals surface area contributed by atoms with Gasteiger partial charge in [-0.25, -0.2) is 0 Å². The summed E-state index contributed by atoms with van der Waals surface area (Å²) in [7, 11) is 0. The zero-order valence-corrected chi connectivity index (χ0v) is 10.3. The molecule has 0 heteroatoms. The highest BCUT2D eigenvalue weighted by molar-refractivity contribution is 4.75. The molecule has 0 nitrogen and oxygen atoms in total. The first-order valence-corrected chi connectivity index (χ1v) is 6.08. The van der Waals surface area contributed by atoms with Crippen molar-refractivity contribution in [2.75, 3.05) is 0 Å². The minimum absolute atomic E-state index is 0.558. The molecule has 0 amide bonds. The van der Waals surface area contributed by atoms with Crippen molar-refractivity contribution < 1.29 is 0 Å². The van der Waals surface area contributed by atoms with Gasteiger partial charge < -0.3 is 0 Å². The Labute approximate surface area is 85.1 Å². The summed E-state index contributed by atoms with van der Waals surface area (Å²) in [5, 5.41) is 0. The smallest absolute Gasteiger partial charge is 0.0329 e. The van der Waals surface area contributed by atoms with Crippen molar-refractivity contribution in [3.8, 4) is 0 Å². The number of hydrogen-bond donors (Lipinski definition) is 0. The molecule has 80 valence electrons. The Kier molecular flexibility index (Phi) is 6.45. The maximum atomic E-state index is 2.42. The van der Waals surface area contributed by atoms with Crippen molar-refractivity contribution in [3.63, 3.8) is 0 Å². The molecule has 1 atom stereocenters. The summed E-state index contributed by atoms with van der Waals surface area (Å²) in [6.45, 7) is 11.8. The first kappa shape index (κ1) is 13.0. The highest BCUT2D eigenvalue weighted by Gasteiger charge is 2.25. The molecule has 0 fully saturated rings. The average Bonchev–Trinajstić information content (AvgIpc) is 2.12. The Morgan fingerprint density at radius 3 is 2.00 bits per heavy atom. The Morgan fingerprint density at radius 2 is 1.62 bits per heavy atom. The standard InChI is InChI=1S/C13H28/c1-6-9-10-11-12(7-2)13(4,5)8-3/h12H,6-11H2,1-5H3. The van der Waals surface area contributed by atoms with Crippen LogP contribution in [0.15, 0.2) is 0 Å². The van der Waals surface area contributed by atoms with Crippen molar-refractivity contribution in [2.24, 2.45) is 11.3 Å². The van der Waals surface area contributed by atoms with Crippen LogP contribution in [0.5, 0.6) is 0 Å². The van der Waals surface area contributed by atoms with Gasteiger partial charge in [-0.2, -0.15) is 0 Å². The molecule has 0 saturated heterocycles. The van der Waals surface area contributed by atoms with E-state index in [1.54, 1.807) is 0 Å². The molecule has 1 unspecified atom stereocenters. The van der Waals surface area contributed by atoms with Gasteiger partial charge in [0.15, 0.2) is 0 Å². The zero-order valence-electron chi connectivity index (χ0n) is 10.3. The lowest BCUT2D eigenvalue weighted by Crippen LogP contribution is -2.22. The number of rotatable bonds is 7. The molecule has 13 heavy (non-hydrogen) atoms. The Hall–Kier alpha value is 0. The number of unbranched alkanes of at least 4 members (excludes halogenated alkanes) is 2. The molecular weight excluding hydrogens is 156 g/mol. The van der Waals surface area contributed by atoms with Gasteiger partial charge >= 0.3 is 0 Å². The maximum Gasteiger partial charge on any atom is -0.0329 e. The van der Waals surface area contributed by atoms with Crippen LogP contribution in [-0.2, 0) is 0 Å². The predicted molar refractivity (Wildman–Crippen MR) is 62.0 cm³/mol. The lowest BCUT2D eigenvalue weighted by Gasteiger charge is -2.33. The van der Waals surface area contributed by atoms with Crippen LogP contribution in [-0.4, -0.2) is 0 Å². The van der Waals surface area contributed by atoms with Gasteiger partial charge in [-0.15, -0.1) is 0 Å². The molecule has 0 aromatic rings. The van der Waals surface area contributed by atoms with Crippen molar-refractivity contribution in [1.82, 2.24) is 0 Å². The van der Waals surface area contributed by atoms with E-state index in [1.807, 2.05) is 0 Å². The van der Waals surface area contributed by atoms with Crippen LogP contribution in [0.25, 0.3) is 0 Å². The van der Waals surface area contributed by atoms with E-state index in [-0.39, 0.29) is 0 Å². The van der Waals surface area contributed by atoms with Crippen molar-refractivity contribution in [1.29, 1.82) is 0 Å². The molecule has 0 N–H and O–H groups in total. The summed E-state index contributed by atoms with van der Waals surface area (Å²) >= 11 is 0. The van der Waals surface area contributed by atoms with Crippen molar-refractivity contribution >= 4 is 0 Å². The fourth-order valence-corrected chi connectivity index (χ4v) is 2.08. The Morgan fingerprint density at radius 1 is 1.00 bits per heavy atom. The summed E-state index contributed by atoms with van der Waals surface area (Å²) in [5.41, 5.74) is 0.558. The van der Waals surface area contributed by atoms with Crippen molar-refractivity contribution in [3.05, 3.63) is 0 Å². The third kappa shape index (κ3) is 4.69. The van der Waals surface area contributed by atoms with E-state index in [4.69, 9.17) is 0 Å². The lowest BCUT2D eigenvalue weighted by atomic mass is 9.73. The summed E-state index contributed by atoms with van der Waals surface area (Å²) in [5.74, 6) is 0.934. The highest BCUT2D eigenvalue weighted by Crippen LogP contribution is 2.36. The van der Waals surface area contributed by atoms with Crippen LogP contribution in [0.1, 0.15) is 73.1 Å². The SMILES string of the molecule is CCCCCC(CC)C(C)(C)CC. The van der Waals surface area contributed by atoms with E-state index < -0.39 is 0 Å². The molecule has 0 aromatic heterocycles. The molecule has 0 bridgehead atoms. The van der Waals surface area contributed by atoms with Crippen molar-refractivity contribution in [2.45, 2.75) is 73.1 Å². The van der Waals surface area contributed by atoms with Gasteiger partial charge in [-0.05, 0) is 17.8 Å². The van der Waals surface area contributed by atoms with E-state index in [9.17, 15) is 0 Å². The predicted octanol–water partition coefficient (Wildman–Crippen LogP) is 5.03. The lowest BCUT2D eigenvalue weighted by molar-refractivity contribution is 0.181. The fourth-order valence-electron chi connectivity index (χ4n) is 2.08. The zero-order chi connectivity index (χ0) is 10.3. The third-order valence-corrected chi connectivity index (χ3v) is 3.67. The molecular formula is C13H28. The van der Waals surface area contributed by atoms with Crippen LogP contribution >= 0.6 is 0 Å². The maximum absolute atomic E-state index is 2.42. The highest BCUT2D eigenvalue weighted by atomic mass is 14.3. The second-order valence-electron chi connectivity index (χ2n) is 4.94. The van der Waals surface area contributed by atoms with E-state index >= 15 is 0 Å². The average molecular weight is 184 g/mol. The summed E-state index contributed by atoms with van der Waals surface area (Å²) in [4.78, 5) is 0. The van der Waals surface area contributed by atoms with E-state index in [0.717, 1.165) is 5.92 Å². The molecule has 0 aliphatic heterocycles. The third-order valence-electron chi connectivity index (χ3n) is 3.67. The van der Waals surface area contributed by atoms with E-state index in [2.05, 4.69) is 34.6 Å². The summed E-state index contributed by atoms with van der Waals surface area (Å²) in [6, 6.07) is 0. The molecule has 0 aliphatic rings. The van der Waals surface area contributed by atoms with Crippen LogP contribution in [0.2, 0.25) is 0 Å². The Balaban J connectivity index is 3.87. The molecule has 0 aliphatic carbocycles. The molecule has 0 radical (unpaired) electrons. The normalized spacial score (nSPS) is 14.5. The fraction of sp³-hybridized carbons (Fsp3) is 1.00. The van der Waals surface area contributed by atoms with Gasteiger partial charge in [0.2, 0.25) is 0 Å². The minimum atomic E-state index is 0.558.